The molecule has 0 fully saturated rings. The summed E-state index contributed by atoms with van der Waals surface area (Å²) in [6, 6.07) is 15.1. The second kappa shape index (κ2) is 9.61. The van der Waals surface area contributed by atoms with Gasteiger partial charge in [-0.2, -0.15) is 0 Å². The monoisotopic (exact) mass is 416 g/mol. The molecule has 0 unspecified atom stereocenters. The molecule has 28 heavy (non-hydrogen) atoms. The van der Waals surface area contributed by atoms with Gasteiger partial charge in [0, 0.05) is 18.6 Å². The molecule has 0 aliphatic heterocycles. The Morgan fingerprint density at radius 1 is 1.18 bits per heavy atom. The Labute approximate surface area is 173 Å². The van der Waals surface area contributed by atoms with Crippen molar-refractivity contribution in [2.24, 2.45) is 7.05 Å². The van der Waals surface area contributed by atoms with Crippen LogP contribution in [-0.2, 0) is 25.0 Å². The molecular weight excluding hydrogens is 396 g/mol. The summed E-state index contributed by atoms with van der Waals surface area (Å²) in [7, 11) is 1.86. The number of benzene rings is 2. The van der Waals surface area contributed by atoms with Gasteiger partial charge in [0.25, 0.3) is 0 Å². The summed E-state index contributed by atoms with van der Waals surface area (Å²) in [5, 5.41) is 12.5. The Kier molecular flexibility index (Phi) is 6.95. The number of carbonyl (C=O) groups excluding carboxylic acids is 1. The van der Waals surface area contributed by atoms with Crippen molar-refractivity contribution in [2.45, 2.75) is 25.2 Å². The van der Waals surface area contributed by atoms with Crippen LogP contribution in [0.5, 0.6) is 5.75 Å². The van der Waals surface area contributed by atoms with Gasteiger partial charge in [0.05, 0.1) is 5.75 Å². The van der Waals surface area contributed by atoms with E-state index in [9.17, 15) is 4.79 Å². The fraction of sp³-hybridized carbons (Fsp3) is 0.250. The lowest BCUT2D eigenvalue weighted by atomic mass is 10.1. The van der Waals surface area contributed by atoms with Gasteiger partial charge in [-0.25, -0.2) is 0 Å². The number of rotatable bonds is 8. The number of aromatic nitrogens is 3. The van der Waals surface area contributed by atoms with Crippen LogP contribution in [0.2, 0.25) is 5.02 Å². The van der Waals surface area contributed by atoms with Gasteiger partial charge in [-0.15, -0.1) is 10.2 Å². The number of thioether (sulfide) groups is 1. The summed E-state index contributed by atoms with van der Waals surface area (Å²) in [6.45, 7) is 2.83. The van der Waals surface area contributed by atoms with Crippen LogP contribution in [0.4, 0.5) is 0 Å². The summed E-state index contributed by atoms with van der Waals surface area (Å²) < 4.78 is 7.52. The lowest BCUT2D eigenvalue weighted by Crippen LogP contribution is -2.25. The highest BCUT2D eigenvalue weighted by atomic mass is 35.5. The van der Waals surface area contributed by atoms with E-state index in [0.717, 1.165) is 11.1 Å². The van der Waals surface area contributed by atoms with Crippen LogP contribution in [0.1, 0.15) is 17.0 Å². The first-order chi connectivity index (χ1) is 13.5. The van der Waals surface area contributed by atoms with E-state index in [4.69, 9.17) is 16.3 Å². The van der Waals surface area contributed by atoms with E-state index in [0.29, 0.717) is 28.3 Å². The number of nitrogens with zero attached hydrogens (tertiary/aromatic N) is 3. The zero-order chi connectivity index (χ0) is 19.9. The van der Waals surface area contributed by atoms with Crippen LogP contribution in [0.15, 0.2) is 53.7 Å². The van der Waals surface area contributed by atoms with Crippen LogP contribution < -0.4 is 10.1 Å². The Morgan fingerprint density at radius 2 is 1.93 bits per heavy atom. The predicted molar refractivity (Wildman–Crippen MR) is 111 cm³/mol. The SMILES string of the molecule is Cc1ccccc1CNC(=O)CSc1nnc(COc2ccc(Cl)cc2)n1C. The van der Waals surface area contributed by atoms with E-state index in [1.807, 2.05) is 42.8 Å². The number of ether oxygens (including phenoxy) is 1. The van der Waals surface area contributed by atoms with Gasteiger partial charge in [-0.05, 0) is 42.3 Å². The smallest absolute Gasteiger partial charge is 0.230 e. The van der Waals surface area contributed by atoms with Crippen molar-refractivity contribution >= 4 is 29.3 Å². The molecule has 0 aliphatic carbocycles. The van der Waals surface area contributed by atoms with E-state index in [1.165, 1.54) is 11.8 Å². The van der Waals surface area contributed by atoms with E-state index < -0.39 is 0 Å². The topological polar surface area (TPSA) is 69.0 Å². The minimum Gasteiger partial charge on any atom is -0.486 e. The largest absolute Gasteiger partial charge is 0.486 e. The Bertz CT molecular complexity index is 944. The molecule has 2 aromatic carbocycles. The van der Waals surface area contributed by atoms with E-state index in [2.05, 4.69) is 15.5 Å². The van der Waals surface area contributed by atoms with Crippen molar-refractivity contribution in [2.75, 3.05) is 5.75 Å². The zero-order valence-electron chi connectivity index (χ0n) is 15.7. The van der Waals surface area contributed by atoms with Gasteiger partial charge < -0.3 is 14.6 Å². The molecular formula is C20H21ClN4O2S. The Hall–Kier alpha value is -2.51. The lowest BCUT2D eigenvalue weighted by molar-refractivity contribution is -0.118. The van der Waals surface area contributed by atoms with Gasteiger partial charge in [0.2, 0.25) is 5.91 Å². The molecule has 0 bridgehead atoms. The van der Waals surface area contributed by atoms with Crippen molar-refractivity contribution in [3.05, 3.63) is 70.5 Å². The fourth-order valence-electron chi connectivity index (χ4n) is 2.46. The quantitative estimate of drug-likeness (QED) is 0.566. The van der Waals surface area contributed by atoms with E-state index in [-0.39, 0.29) is 18.3 Å². The van der Waals surface area contributed by atoms with Crippen LogP contribution in [0, 0.1) is 6.92 Å². The molecule has 146 valence electrons. The summed E-state index contributed by atoms with van der Waals surface area (Å²) in [6.07, 6.45) is 0. The number of amides is 1. The fourth-order valence-corrected chi connectivity index (χ4v) is 3.34. The molecule has 0 saturated heterocycles. The summed E-state index contributed by atoms with van der Waals surface area (Å²) >= 11 is 7.21. The lowest BCUT2D eigenvalue weighted by Gasteiger charge is -2.08. The summed E-state index contributed by atoms with van der Waals surface area (Å²) in [5.41, 5.74) is 2.27. The first kappa shape index (κ1) is 20.2. The zero-order valence-corrected chi connectivity index (χ0v) is 17.3. The van der Waals surface area contributed by atoms with Gasteiger partial charge in [-0.3, -0.25) is 4.79 Å². The van der Waals surface area contributed by atoms with E-state index >= 15 is 0 Å². The standard InChI is InChI=1S/C20H21ClN4O2S/c1-14-5-3-4-6-15(14)11-22-19(26)13-28-20-24-23-18(25(20)2)12-27-17-9-7-16(21)8-10-17/h3-10H,11-13H2,1-2H3,(H,22,26). The molecule has 1 heterocycles. The minimum atomic E-state index is -0.0461. The van der Waals surface area contributed by atoms with Gasteiger partial charge in [0.15, 0.2) is 11.0 Å². The second-order valence-corrected chi connectivity index (χ2v) is 7.57. The van der Waals surface area contributed by atoms with Crippen molar-refractivity contribution in [1.82, 2.24) is 20.1 Å². The third kappa shape index (κ3) is 5.50. The Morgan fingerprint density at radius 3 is 2.68 bits per heavy atom. The summed E-state index contributed by atoms with van der Waals surface area (Å²) in [4.78, 5) is 12.1. The highest BCUT2D eigenvalue weighted by Gasteiger charge is 2.12. The normalized spacial score (nSPS) is 10.7. The number of aryl methyl sites for hydroxylation is 1. The number of hydrogen-bond acceptors (Lipinski definition) is 5. The molecule has 0 spiro atoms. The maximum Gasteiger partial charge on any atom is 0.230 e. The third-order valence-electron chi connectivity index (χ3n) is 4.18. The predicted octanol–water partition coefficient (Wildman–Crippen LogP) is 3.76. The second-order valence-electron chi connectivity index (χ2n) is 6.19. The summed E-state index contributed by atoms with van der Waals surface area (Å²) in [5.74, 6) is 1.61. The van der Waals surface area contributed by atoms with Crippen molar-refractivity contribution in [1.29, 1.82) is 0 Å². The number of nitrogens with one attached hydrogen (secondary N) is 1. The molecule has 1 N–H and O–H groups in total. The van der Waals surface area contributed by atoms with Crippen LogP contribution in [0.3, 0.4) is 0 Å². The number of hydrogen-bond donors (Lipinski definition) is 1. The first-order valence-corrected chi connectivity index (χ1v) is 10.1. The van der Waals surface area contributed by atoms with Crippen LogP contribution >= 0.6 is 23.4 Å². The third-order valence-corrected chi connectivity index (χ3v) is 5.45. The van der Waals surface area contributed by atoms with Crippen LogP contribution in [0.25, 0.3) is 0 Å². The van der Waals surface area contributed by atoms with Gasteiger partial charge in [-0.1, -0.05) is 47.6 Å². The van der Waals surface area contributed by atoms with Gasteiger partial charge >= 0.3 is 0 Å². The molecule has 0 atom stereocenters. The molecule has 1 aromatic heterocycles. The highest BCUT2D eigenvalue weighted by molar-refractivity contribution is 7.99. The molecule has 6 nitrogen and oxygen atoms in total. The molecule has 0 saturated carbocycles. The molecule has 0 radical (unpaired) electrons. The average molecular weight is 417 g/mol. The molecule has 3 aromatic rings. The van der Waals surface area contributed by atoms with Crippen LogP contribution in [-0.4, -0.2) is 26.4 Å². The highest BCUT2D eigenvalue weighted by Crippen LogP contribution is 2.19. The molecule has 1 amide bonds. The number of halogens is 1. The molecule has 8 heteroatoms. The average Bonchev–Trinajstić information content (AvgIpc) is 3.05. The first-order valence-electron chi connectivity index (χ1n) is 8.73. The van der Waals surface area contributed by atoms with Gasteiger partial charge in [0.1, 0.15) is 12.4 Å². The minimum absolute atomic E-state index is 0.0461. The maximum atomic E-state index is 12.1. The van der Waals surface area contributed by atoms with Crippen molar-refractivity contribution < 1.29 is 9.53 Å². The Balaban J connectivity index is 1.47. The molecule has 0 aliphatic rings. The van der Waals surface area contributed by atoms with E-state index in [1.54, 1.807) is 24.3 Å². The van der Waals surface area contributed by atoms with Crippen molar-refractivity contribution in [3.8, 4) is 5.75 Å². The number of carbonyl (C=O) groups is 1. The van der Waals surface area contributed by atoms with Crippen molar-refractivity contribution in [3.63, 3.8) is 0 Å². The maximum absolute atomic E-state index is 12.1. The molecule has 3 rings (SSSR count).